The van der Waals surface area contributed by atoms with Crippen molar-refractivity contribution in [3.05, 3.63) is 28.8 Å². The number of aliphatic hydroxyl groups is 1. The van der Waals surface area contributed by atoms with Gasteiger partial charge in [0, 0.05) is 5.56 Å². The highest BCUT2D eigenvalue weighted by molar-refractivity contribution is 5.50. The van der Waals surface area contributed by atoms with Gasteiger partial charge in [0.2, 0.25) is 0 Å². The maximum atomic E-state index is 10.1. The van der Waals surface area contributed by atoms with E-state index in [-0.39, 0.29) is 0 Å². The van der Waals surface area contributed by atoms with E-state index < -0.39 is 5.60 Å². The number of rotatable bonds is 2. The van der Waals surface area contributed by atoms with Gasteiger partial charge in [-0.2, -0.15) is 0 Å². The molecule has 0 atom stereocenters. The summed E-state index contributed by atoms with van der Waals surface area (Å²) < 4.78 is 5.45. The third-order valence-corrected chi connectivity index (χ3v) is 3.09. The number of benzene rings is 1. The van der Waals surface area contributed by atoms with Crippen LogP contribution in [0.15, 0.2) is 12.1 Å². The van der Waals surface area contributed by atoms with E-state index in [9.17, 15) is 5.11 Å². The van der Waals surface area contributed by atoms with Crippen molar-refractivity contribution >= 4 is 0 Å². The van der Waals surface area contributed by atoms with Gasteiger partial charge in [-0.1, -0.05) is 12.1 Å². The Hall–Kier alpha value is -1.02. The monoisotopic (exact) mass is 206 g/mol. The molecule has 15 heavy (non-hydrogen) atoms. The van der Waals surface area contributed by atoms with Gasteiger partial charge < -0.3 is 9.84 Å². The fourth-order valence-electron chi connectivity index (χ4n) is 2.35. The van der Waals surface area contributed by atoms with E-state index in [2.05, 4.69) is 6.07 Å². The largest absolute Gasteiger partial charge is 0.496 e. The molecule has 0 saturated carbocycles. The lowest BCUT2D eigenvalue weighted by molar-refractivity contribution is 0.0755. The second-order valence-electron chi connectivity index (χ2n) is 4.70. The highest BCUT2D eigenvalue weighted by atomic mass is 16.5. The van der Waals surface area contributed by atoms with Crippen molar-refractivity contribution in [2.45, 2.75) is 38.7 Å². The van der Waals surface area contributed by atoms with Crippen molar-refractivity contribution in [1.29, 1.82) is 0 Å². The first kappa shape index (κ1) is 10.5. The van der Waals surface area contributed by atoms with E-state index in [0.29, 0.717) is 0 Å². The Kier molecular flexibility index (Phi) is 2.47. The van der Waals surface area contributed by atoms with Crippen LogP contribution in [0.1, 0.15) is 37.0 Å². The summed E-state index contributed by atoms with van der Waals surface area (Å²) in [7, 11) is 1.68. The molecule has 2 rings (SSSR count). The standard InChI is InChI=1S/C13H18O2/c1-13(2,14)11-8-7-9-5-4-6-10(9)12(11)15-3/h7-8,14H,4-6H2,1-3H3. The SMILES string of the molecule is COc1c(C(C)(C)O)ccc2c1CCC2. The molecule has 1 aliphatic rings. The van der Waals surface area contributed by atoms with Crippen LogP contribution >= 0.6 is 0 Å². The number of hydrogen-bond acceptors (Lipinski definition) is 2. The van der Waals surface area contributed by atoms with Crippen LogP contribution in [0.4, 0.5) is 0 Å². The summed E-state index contributed by atoms with van der Waals surface area (Å²) >= 11 is 0. The van der Waals surface area contributed by atoms with E-state index in [0.717, 1.165) is 24.2 Å². The normalized spacial score (nSPS) is 15.2. The summed E-state index contributed by atoms with van der Waals surface area (Å²) in [4.78, 5) is 0. The van der Waals surface area contributed by atoms with Crippen molar-refractivity contribution in [2.75, 3.05) is 7.11 Å². The molecule has 2 heteroatoms. The van der Waals surface area contributed by atoms with E-state index in [1.165, 1.54) is 17.5 Å². The van der Waals surface area contributed by atoms with Gasteiger partial charge in [0.15, 0.2) is 0 Å². The zero-order valence-corrected chi connectivity index (χ0v) is 9.63. The fraction of sp³-hybridized carbons (Fsp3) is 0.538. The predicted molar refractivity (Wildman–Crippen MR) is 60.3 cm³/mol. The summed E-state index contributed by atoms with van der Waals surface area (Å²) in [5.74, 6) is 0.887. The zero-order chi connectivity index (χ0) is 11.1. The number of fused-ring (bicyclic) bond motifs is 1. The van der Waals surface area contributed by atoms with Crippen molar-refractivity contribution in [3.63, 3.8) is 0 Å². The third-order valence-electron chi connectivity index (χ3n) is 3.09. The van der Waals surface area contributed by atoms with Crippen LogP contribution in [0.5, 0.6) is 5.75 Å². The smallest absolute Gasteiger partial charge is 0.128 e. The lowest BCUT2D eigenvalue weighted by atomic mass is 9.93. The van der Waals surface area contributed by atoms with Gasteiger partial charge in [0.25, 0.3) is 0 Å². The number of ether oxygens (including phenoxy) is 1. The van der Waals surface area contributed by atoms with Crippen LogP contribution in [0.2, 0.25) is 0 Å². The summed E-state index contributed by atoms with van der Waals surface area (Å²) in [5, 5.41) is 10.1. The van der Waals surface area contributed by atoms with Crippen LogP contribution in [0, 0.1) is 0 Å². The third kappa shape index (κ3) is 1.74. The van der Waals surface area contributed by atoms with Crippen molar-refractivity contribution in [3.8, 4) is 5.75 Å². The Morgan fingerprint density at radius 3 is 2.60 bits per heavy atom. The predicted octanol–water partition coefficient (Wildman–Crippen LogP) is 2.41. The Bertz CT molecular complexity index is 375. The average Bonchev–Trinajstić information content (AvgIpc) is 2.61. The second-order valence-corrected chi connectivity index (χ2v) is 4.70. The van der Waals surface area contributed by atoms with E-state index >= 15 is 0 Å². The molecule has 2 nitrogen and oxygen atoms in total. The molecule has 0 unspecified atom stereocenters. The molecule has 1 aromatic rings. The van der Waals surface area contributed by atoms with Crippen molar-refractivity contribution in [1.82, 2.24) is 0 Å². The molecule has 1 aromatic carbocycles. The number of hydrogen-bond donors (Lipinski definition) is 1. The quantitative estimate of drug-likeness (QED) is 0.805. The molecule has 0 saturated heterocycles. The molecule has 0 aliphatic heterocycles. The highest BCUT2D eigenvalue weighted by Gasteiger charge is 2.26. The van der Waals surface area contributed by atoms with E-state index in [4.69, 9.17) is 4.74 Å². The molecule has 82 valence electrons. The summed E-state index contributed by atoms with van der Waals surface area (Å²) in [6.45, 7) is 3.60. The van der Waals surface area contributed by atoms with Crippen molar-refractivity contribution in [2.24, 2.45) is 0 Å². The van der Waals surface area contributed by atoms with Crippen LogP contribution in [0.3, 0.4) is 0 Å². The lowest BCUT2D eigenvalue weighted by Gasteiger charge is -2.22. The Morgan fingerprint density at radius 2 is 2.00 bits per heavy atom. The summed E-state index contributed by atoms with van der Waals surface area (Å²) in [6.07, 6.45) is 3.40. The van der Waals surface area contributed by atoms with Crippen molar-refractivity contribution < 1.29 is 9.84 Å². The summed E-state index contributed by atoms with van der Waals surface area (Å²) in [6, 6.07) is 4.11. The maximum Gasteiger partial charge on any atom is 0.128 e. The molecule has 1 N–H and O–H groups in total. The van der Waals surface area contributed by atoms with Gasteiger partial charge in [-0.25, -0.2) is 0 Å². The highest BCUT2D eigenvalue weighted by Crippen LogP contribution is 2.38. The number of methoxy groups -OCH3 is 1. The van der Waals surface area contributed by atoms with Gasteiger partial charge >= 0.3 is 0 Å². The maximum absolute atomic E-state index is 10.1. The molecule has 0 aromatic heterocycles. The Balaban J connectivity index is 2.58. The molecule has 1 aliphatic carbocycles. The topological polar surface area (TPSA) is 29.5 Å². The first-order valence-corrected chi connectivity index (χ1v) is 5.45. The van der Waals surface area contributed by atoms with Crippen LogP contribution < -0.4 is 4.74 Å². The fourth-order valence-corrected chi connectivity index (χ4v) is 2.35. The minimum Gasteiger partial charge on any atom is -0.496 e. The van der Waals surface area contributed by atoms with Gasteiger partial charge in [-0.15, -0.1) is 0 Å². The van der Waals surface area contributed by atoms with Crippen LogP contribution in [-0.4, -0.2) is 12.2 Å². The lowest BCUT2D eigenvalue weighted by Crippen LogP contribution is -2.17. The zero-order valence-electron chi connectivity index (χ0n) is 9.63. The van der Waals surface area contributed by atoms with Gasteiger partial charge in [0.1, 0.15) is 5.75 Å². The molecule has 0 amide bonds. The Labute approximate surface area is 90.9 Å². The van der Waals surface area contributed by atoms with E-state index in [1.807, 2.05) is 6.07 Å². The first-order chi connectivity index (χ1) is 7.04. The second kappa shape index (κ2) is 3.53. The Morgan fingerprint density at radius 1 is 1.27 bits per heavy atom. The van der Waals surface area contributed by atoms with E-state index in [1.54, 1.807) is 21.0 Å². The summed E-state index contributed by atoms with van der Waals surface area (Å²) in [5.41, 5.74) is 2.73. The van der Waals surface area contributed by atoms with Gasteiger partial charge in [-0.3, -0.25) is 0 Å². The number of aryl methyl sites for hydroxylation is 1. The average molecular weight is 206 g/mol. The molecule has 0 fully saturated rings. The first-order valence-electron chi connectivity index (χ1n) is 5.45. The molecule has 0 radical (unpaired) electrons. The van der Waals surface area contributed by atoms with Crippen LogP contribution in [0.25, 0.3) is 0 Å². The van der Waals surface area contributed by atoms with Crippen LogP contribution in [-0.2, 0) is 18.4 Å². The van der Waals surface area contributed by atoms with Gasteiger partial charge in [-0.05, 0) is 44.2 Å². The molecule has 0 bridgehead atoms. The minimum absolute atomic E-state index is 0.830. The molecule has 0 spiro atoms. The minimum atomic E-state index is -0.830. The molecular formula is C13H18O2. The molecular weight excluding hydrogens is 188 g/mol. The molecule has 0 heterocycles. The van der Waals surface area contributed by atoms with Gasteiger partial charge in [0.05, 0.1) is 12.7 Å².